The summed E-state index contributed by atoms with van der Waals surface area (Å²) in [7, 11) is 0. The molecule has 0 saturated carbocycles. The van der Waals surface area contributed by atoms with Crippen molar-refractivity contribution in [1.29, 1.82) is 0 Å². The Morgan fingerprint density at radius 3 is 2.79 bits per heavy atom. The van der Waals surface area contributed by atoms with E-state index in [0.29, 0.717) is 12.1 Å². The van der Waals surface area contributed by atoms with Crippen LogP contribution < -0.4 is 0 Å². The predicted molar refractivity (Wildman–Crippen MR) is 97.3 cm³/mol. The van der Waals surface area contributed by atoms with Crippen LogP contribution in [0.1, 0.15) is 43.5 Å². The molecule has 128 valence electrons. The summed E-state index contributed by atoms with van der Waals surface area (Å²) in [5, 5.41) is 1.16. The quantitative estimate of drug-likeness (QED) is 0.866. The van der Waals surface area contributed by atoms with Crippen molar-refractivity contribution in [1.82, 2.24) is 14.4 Å². The van der Waals surface area contributed by atoms with Gasteiger partial charge < -0.3 is 9.47 Å². The molecule has 0 radical (unpaired) electrons. The van der Waals surface area contributed by atoms with Crippen molar-refractivity contribution < 1.29 is 4.79 Å². The van der Waals surface area contributed by atoms with E-state index < -0.39 is 0 Å². The Morgan fingerprint density at radius 2 is 2.04 bits per heavy atom. The first-order chi connectivity index (χ1) is 11.7. The van der Waals surface area contributed by atoms with Gasteiger partial charge in [0.15, 0.2) is 0 Å². The fraction of sp³-hybridized carbons (Fsp3) is 0.550. The molecule has 4 rings (SSSR count). The van der Waals surface area contributed by atoms with Gasteiger partial charge in [-0.15, -0.1) is 0 Å². The van der Waals surface area contributed by atoms with E-state index in [2.05, 4.69) is 41.6 Å². The largest absolute Gasteiger partial charge is 0.348 e. The number of hydrogen-bond acceptors (Lipinski definition) is 2. The maximum atomic E-state index is 12.8. The second-order valence-corrected chi connectivity index (χ2v) is 7.32. The van der Waals surface area contributed by atoms with E-state index >= 15 is 0 Å². The zero-order valence-electron chi connectivity index (χ0n) is 14.7. The van der Waals surface area contributed by atoms with Crippen molar-refractivity contribution in [2.45, 2.75) is 51.7 Å². The monoisotopic (exact) mass is 325 g/mol. The van der Waals surface area contributed by atoms with Crippen molar-refractivity contribution >= 4 is 16.8 Å². The third-order valence-electron chi connectivity index (χ3n) is 5.83. The molecular formula is C20H27N3O. The van der Waals surface area contributed by atoms with Crippen LogP contribution in [0.5, 0.6) is 0 Å². The van der Waals surface area contributed by atoms with Crippen LogP contribution in [-0.4, -0.2) is 52.0 Å². The highest BCUT2D eigenvalue weighted by Crippen LogP contribution is 2.26. The molecule has 1 atom stereocenters. The molecule has 2 fully saturated rings. The van der Waals surface area contributed by atoms with Crippen LogP contribution in [0.25, 0.3) is 10.9 Å². The number of aromatic nitrogens is 1. The van der Waals surface area contributed by atoms with E-state index in [1.54, 1.807) is 0 Å². The highest BCUT2D eigenvalue weighted by molar-refractivity contribution is 5.98. The number of carbonyl (C=O) groups excluding carboxylic acids is 1. The van der Waals surface area contributed by atoms with Crippen molar-refractivity contribution in [3.8, 4) is 0 Å². The van der Waals surface area contributed by atoms with Gasteiger partial charge in [0.1, 0.15) is 0 Å². The summed E-state index contributed by atoms with van der Waals surface area (Å²) in [4.78, 5) is 17.4. The van der Waals surface area contributed by atoms with Crippen LogP contribution in [-0.2, 0) is 6.54 Å². The number of hydrogen-bond donors (Lipinski definition) is 0. The molecule has 2 aromatic rings. The Morgan fingerprint density at radius 1 is 1.21 bits per heavy atom. The van der Waals surface area contributed by atoms with E-state index in [-0.39, 0.29) is 5.91 Å². The lowest BCUT2D eigenvalue weighted by molar-refractivity contribution is 0.00214. The highest BCUT2D eigenvalue weighted by atomic mass is 16.2. The highest BCUT2D eigenvalue weighted by Gasteiger charge is 2.37. The van der Waals surface area contributed by atoms with Gasteiger partial charge in [-0.1, -0.05) is 6.42 Å². The van der Waals surface area contributed by atoms with E-state index in [0.717, 1.165) is 30.6 Å². The number of fused-ring (bicyclic) bond motifs is 1. The zero-order valence-corrected chi connectivity index (χ0v) is 14.7. The van der Waals surface area contributed by atoms with Crippen LogP contribution in [0.2, 0.25) is 0 Å². The van der Waals surface area contributed by atoms with Crippen LogP contribution in [0.4, 0.5) is 0 Å². The van der Waals surface area contributed by atoms with Crippen molar-refractivity contribution in [2.24, 2.45) is 0 Å². The predicted octanol–water partition coefficient (Wildman–Crippen LogP) is 3.36. The molecule has 1 aromatic carbocycles. The second kappa shape index (κ2) is 6.25. The van der Waals surface area contributed by atoms with Crippen molar-refractivity contribution in [3.05, 3.63) is 36.0 Å². The summed E-state index contributed by atoms with van der Waals surface area (Å²) in [6.07, 6.45) is 6.05. The lowest BCUT2D eigenvalue weighted by Crippen LogP contribution is -2.63. The summed E-state index contributed by atoms with van der Waals surface area (Å²) in [6.45, 7) is 8.40. The van der Waals surface area contributed by atoms with E-state index in [9.17, 15) is 4.79 Å². The van der Waals surface area contributed by atoms with Gasteiger partial charge in [-0.05, 0) is 57.5 Å². The summed E-state index contributed by atoms with van der Waals surface area (Å²) >= 11 is 0. The number of carbonyl (C=O) groups is 1. The van der Waals surface area contributed by atoms with Gasteiger partial charge in [0.05, 0.1) is 0 Å². The fourth-order valence-electron chi connectivity index (χ4n) is 4.29. The number of rotatable bonds is 3. The second-order valence-electron chi connectivity index (χ2n) is 7.32. The van der Waals surface area contributed by atoms with Gasteiger partial charge in [-0.25, -0.2) is 0 Å². The first-order valence-corrected chi connectivity index (χ1v) is 9.31. The first-order valence-electron chi connectivity index (χ1n) is 9.31. The number of likely N-dealkylation sites (tertiary alicyclic amines) is 2. The lowest BCUT2D eigenvalue weighted by Gasteiger charge is -2.49. The van der Waals surface area contributed by atoms with Gasteiger partial charge in [0, 0.05) is 54.4 Å². The Labute approximate surface area is 144 Å². The molecule has 3 heterocycles. The molecule has 4 heteroatoms. The number of nitrogens with zero attached hydrogens (tertiary/aromatic N) is 3. The number of piperidine rings is 1. The van der Waals surface area contributed by atoms with Gasteiger partial charge in [0.25, 0.3) is 5.91 Å². The Bertz CT molecular complexity index is 744. The summed E-state index contributed by atoms with van der Waals surface area (Å²) in [5.74, 6) is 0.182. The summed E-state index contributed by atoms with van der Waals surface area (Å²) < 4.78 is 2.21. The normalized spacial score (nSPS) is 22.8. The third kappa shape index (κ3) is 2.63. The topological polar surface area (TPSA) is 28.5 Å². The third-order valence-corrected chi connectivity index (χ3v) is 5.83. The van der Waals surface area contributed by atoms with Crippen LogP contribution in [0.15, 0.2) is 30.5 Å². The Kier molecular flexibility index (Phi) is 4.09. The van der Waals surface area contributed by atoms with Crippen LogP contribution in [0.3, 0.4) is 0 Å². The van der Waals surface area contributed by atoms with E-state index in [1.165, 1.54) is 31.3 Å². The molecule has 4 nitrogen and oxygen atoms in total. The van der Waals surface area contributed by atoms with Gasteiger partial charge >= 0.3 is 0 Å². The fourth-order valence-corrected chi connectivity index (χ4v) is 4.29. The number of aryl methyl sites for hydroxylation is 1. The molecule has 1 aromatic heterocycles. The molecule has 2 aliphatic rings. The lowest BCUT2D eigenvalue weighted by atomic mass is 9.97. The number of benzene rings is 1. The minimum Gasteiger partial charge on any atom is -0.348 e. The standard InChI is InChI=1S/C20H27N3O/c1-3-21-11-9-16-12-17(7-8-19(16)21)20(24)22-13-18(14-22)23-10-5-4-6-15(23)2/h7-9,11-12,15,18H,3-6,10,13-14H2,1-2H3/t15-/m1/s1. The number of amides is 1. The smallest absolute Gasteiger partial charge is 0.253 e. The van der Waals surface area contributed by atoms with E-state index in [1.807, 2.05) is 17.0 Å². The van der Waals surface area contributed by atoms with Gasteiger partial charge in [-0.3, -0.25) is 9.69 Å². The molecule has 0 bridgehead atoms. The van der Waals surface area contributed by atoms with Crippen LogP contribution >= 0.6 is 0 Å². The van der Waals surface area contributed by atoms with Gasteiger partial charge in [-0.2, -0.15) is 0 Å². The molecule has 0 N–H and O–H groups in total. The van der Waals surface area contributed by atoms with Crippen molar-refractivity contribution in [3.63, 3.8) is 0 Å². The summed E-state index contributed by atoms with van der Waals surface area (Å²) in [5.41, 5.74) is 2.03. The maximum Gasteiger partial charge on any atom is 0.253 e. The molecule has 0 spiro atoms. The molecular weight excluding hydrogens is 298 g/mol. The molecule has 0 unspecified atom stereocenters. The summed E-state index contributed by atoms with van der Waals surface area (Å²) in [6, 6.07) is 9.44. The van der Waals surface area contributed by atoms with Gasteiger partial charge in [0.2, 0.25) is 0 Å². The molecule has 2 saturated heterocycles. The first kappa shape index (κ1) is 15.7. The SMILES string of the molecule is CCn1ccc2cc(C(=O)N3CC(N4CCCC[C@H]4C)C3)ccc21. The minimum atomic E-state index is 0.182. The molecule has 0 aliphatic carbocycles. The Balaban J connectivity index is 1.43. The molecule has 2 aliphatic heterocycles. The van der Waals surface area contributed by atoms with Crippen molar-refractivity contribution in [2.75, 3.05) is 19.6 Å². The van der Waals surface area contributed by atoms with E-state index in [4.69, 9.17) is 0 Å². The molecule has 24 heavy (non-hydrogen) atoms. The maximum absolute atomic E-state index is 12.8. The Hall–Kier alpha value is -1.81. The average Bonchev–Trinajstić information content (AvgIpc) is 2.97. The zero-order chi connectivity index (χ0) is 16.7. The average molecular weight is 325 g/mol. The minimum absolute atomic E-state index is 0.182. The molecule has 1 amide bonds. The van der Waals surface area contributed by atoms with Crippen LogP contribution in [0, 0.1) is 0 Å².